The fourth-order valence-electron chi connectivity index (χ4n) is 3.22. The van der Waals surface area contributed by atoms with Gasteiger partial charge >= 0.3 is 0 Å². The van der Waals surface area contributed by atoms with Crippen LogP contribution in [-0.4, -0.2) is 28.8 Å². The Morgan fingerprint density at radius 2 is 1.73 bits per heavy atom. The van der Waals surface area contributed by atoms with Gasteiger partial charge in [0.15, 0.2) is 0 Å². The first-order valence-corrected chi connectivity index (χ1v) is 9.55. The molecule has 0 atom stereocenters. The molecule has 2 aromatic heterocycles. The summed E-state index contributed by atoms with van der Waals surface area (Å²) in [6.07, 6.45) is 3.43. The van der Waals surface area contributed by atoms with Gasteiger partial charge in [0.25, 0.3) is 11.8 Å². The van der Waals surface area contributed by atoms with Gasteiger partial charge in [0.1, 0.15) is 0 Å². The standard InChI is InChI=1S/C24H20N4O2/c1-25-23(29)17-10-8-16(9-11-17)14-27-24(30)20-13-22(18-5-4-12-26-15-18)28-21-7-3-2-6-19(20)21/h2-13,15H,14H2,1H3,(H,25,29)(H,27,30). The van der Waals surface area contributed by atoms with Crippen molar-refractivity contribution in [1.82, 2.24) is 20.6 Å². The molecule has 0 spiro atoms. The number of nitrogens with zero attached hydrogens (tertiary/aromatic N) is 2. The van der Waals surface area contributed by atoms with Crippen LogP contribution in [0.25, 0.3) is 22.2 Å². The zero-order valence-electron chi connectivity index (χ0n) is 16.4. The summed E-state index contributed by atoms with van der Waals surface area (Å²) in [6.45, 7) is 0.353. The third kappa shape index (κ3) is 4.03. The van der Waals surface area contributed by atoms with E-state index in [1.165, 1.54) is 0 Å². The highest BCUT2D eigenvalue weighted by Gasteiger charge is 2.14. The highest BCUT2D eigenvalue weighted by molar-refractivity contribution is 6.07. The van der Waals surface area contributed by atoms with Gasteiger partial charge < -0.3 is 10.6 Å². The molecule has 6 heteroatoms. The molecule has 2 heterocycles. The normalized spacial score (nSPS) is 10.6. The summed E-state index contributed by atoms with van der Waals surface area (Å²) in [5.41, 5.74) is 4.33. The third-order valence-corrected chi connectivity index (χ3v) is 4.81. The number of fused-ring (bicyclic) bond motifs is 1. The van der Waals surface area contributed by atoms with E-state index in [1.807, 2.05) is 48.5 Å². The lowest BCUT2D eigenvalue weighted by atomic mass is 10.0. The Kier molecular flexibility index (Phi) is 5.48. The van der Waals surface area contributed by atoms with Crippen LogP contribution >= 0.6 is 0 Å². The van der Waals surface area contributed by atoms with E-state index in [2.05, 4.69) is 20.6 Å². The fraction of sp³-hybridized carbons (Fsp3) is 0.0833. The molecule has 4 rings (SSSR count). The number of aromatic nitrogens is 2. The van der Waals surface area contributed by atoms with Gasteiger partial charge in [-0.25, -0.2) is 4.98 Å². The van der Waals surface area contributed by atoms with E-state index in [-0.39, 0.29) is 11.8 Å². The maximum absolute atomic E-state index is 13.0. The van der Waals surface area contributed by atoms with Crippen molar-refractivity contribution in [3.8, 4) is 11.3 Å². The number of amides is 2. The number of carbonyl (C=O) groups is 2. The second-order valence-corrected chi connectivity index (χ2v) is 6.77. The lowest BCUT2D eigenvalue weighted by molar-refractivity contribution is 0.0947. The highest BCUT2D eigenvalue weighted by Crippen LogP contribution is 2.24. The van der Waals surface area contributed by atoms with Crippen LogP contribution in [0, 0.1) is 0 Å². The van der Waals surface area contributed by atoms with Crippen LogP contribution in [0.2, 0.25) is 0 Å². The van der Waals surface area contributed by atoms with Crippen LogP contribution in [-0.2, 0) is 6.54 Å². The summed E-state index contributed by atoms with van der Waals surface area (Å²) in [5, 5.41) is 6.34. The van der Waals surface area contributed by atoms with Crippen molar-refractivity contribution in [2.45, 2.75) is 6.54 Å². The van der Waals surface area contributed by atoms with Crippen LogP contribution in [0.5, 0.6) is 0 Å². The molecular weight excluding hydrogens is 376 g/mol. The van der Waals surface area contributed by atoms with E-state index in [1.54, 1.807) is 37.6 Å². The molecule has 148 valence electrons. The monoisotopic (exact) mass is 396 g/mol. The van der Waals surface area contributed by atoms with Gasteiger partial charge in [-0.1, -0.05) is 30.3 Å². The highest BCUT2D eigenvalue weighted by atomic mass is 16.2. The van der Waals surface area contributed by atoms with Gasteiger partial charge in [-0.2, -0.15) is 0 Å². The second-order valence-electron chi connectivity index (χ2n) is 6.77. The minimum atomic E-state index is -0.186. The topological polar surface area (TPSA) is 84.0 Å². The van der Waals surface area contributed by atoms with Gasteiger partial charge in [-0.05, 0) is 42.0 Å². The van der Waals surface area contributed by atoms with Gasteiger partial charge in [0, 0.05) is 42.5 Å². The molecule has 0 fully saturated rings. The van der Waals surface area contributed by atoms with Crippen molar-refractivity contribution >= 4 is 22.7 Å². The third-order valence-electron chi connectivity index (χ3n) is 4.81. The Bertz CT molecular complexity index is 1210. The summed E-state index contributed by atoms with van der Waals surface area (Å²) < 4.78 is 0. The molecule has 0 saturated heterocycles. The maximum Gasteiger partial charge on any atom is 0.252 e. The fourth-order valence-corrected chi connectivity index (χ4v) is 3.22. The summed E-state index contributed by atoms with van der Waals surface area (Å²) in [6, 6.07) is 20.3. The van der Waals surface area contributed by atoms with Crippen LogP contribution in [0.3, 0.4) is 0 Å². The van der Waals surface area contributed by atoms with Crippen molar-refractivity contribution < 1.29 is 9.59 Å². The first kappa shape index (κ1) is 19.3. The van der Waals surface area contributed by atoms with Gasteiger partial charge in [-0.15, -0.1) is 0 Å². The lowest BCUT2D eigenvalue weighted by Crippen LogP contribution is -2.23. The van der Waals surface area contributed by atoms with Gasteiger partial charge in [0.2, 0.25) is 0 Å². The Hall–Kier alpha value is -4.06. The summed E-state index contributed by atoms with van der Waals surface area (Å²) in [4.78, 5) is 33.5. The molecule has 0 aliphatic rings. The van der Waals surface area contributed by atoms with Crippen molar-refractivity contribution in [3.63, 3.8) is 0 Å². The number of rotatable bonds is 5. The predicted molar refractivity (Wildman–Crippen MR) is 116 cm³/mol. The summed E-state index contributed by atoms with van der Waals surface area (Å²) in [7, 11) is 1.59. The average Bonchev–Trinajstić information content (AvgIpc) is 2.82. The van der Waals surface area contributed by atoms with Crippen LogP contribution < -0.4 is 10.6 Å². The molecule has 0 aliphatic carbocycles. The number of benzene rings is 2. The van der Waals surface area contributed by atoms with Crippen molar-refractivity contribution in [1.29, 1.82) is 0 Å². The van der Waals surface area contributed by atoms with E-state index >= 15 is 0 Å². The zero-order chi connectivity index (χ0) is 20.9. The first-order chi connectivity index (χ1) is 14.7. The number of nitrogens with one attached hydrogen (secondary N) is 2. The predicted octanol–water partition coefficient (Wildman–Crippen LogP) is 3.59. The minimum absolute atomic E-state index is 0.142. The summed E-state index contributed by atoms with van der Waals surface area (Å²) in [5.74, 6) is -0.328. The molecule has 2 N–H and O–H groups in total. The van der Waals surface area contributed by atoms with E-state index in [0.717, 1.165) is 22.0 Å². The van der Waals surface area contributed by atoms with E-state index < -0.39 is 0 Å². The molecule has 0 saturated carbocycles. The van der Waals surface area contributed by atoms with Gasteiger partial charge in [0.05, 0.1) is 16.8 Å². The Morgan fingerprint density at radius 3 is 2.47 bits per heavy atom. The smallest absolute Gasteiger partial charge is 0.252 e. The Labute approximate surface area is 174 Å². The molecule has 30 heavy (non-hydrogen) atoms. The molecule has 2 aromatic carbocycles. The molecule has 4 aromatic rings. The number of carbonyl (C=O) groups excluding carboxylic acids is 2. The minimum Gasteiger partial charge on any atom is -0.355 e. The van der Waals surface area contributed by atoms with E-state index in [4.69, 9.17) is 0 Å². The molecule has 6 nitrogen and oxygen atoms in total. The number of para-hydroxylation sites is 1. The van der Waals surface area contributed by atoms with E-state index in [0.29, 0.717) is 23.4 Å². The Balaban J connectivity index is 1.60. The molecule has 0 radical (unpaired) electrons. The largest absolute Gasteiger partial charge is 0.355 e. The van der Waals surface area contributed by atoms with Crippen molar-refractivity contribution in [2.24, 2.45) is 0 Å². The van der Waals surface area contributed by atoms with Crippen LogP contribution in [0.4, 0.5) is 0 Å². The quantitative estimate of drug-likeness (QED) is 0.540. The van der Waals surface area contributed by atoms with Crippen molar-refractivity contribution in [2.75, 3.05) is 7.05 Å². The van der Waals surface area contributed by atoms with Crippen LogP contribution in [0.15, 0.2) is 79.1 Å². The first-order valence-electron chi connectivity index (χ1n) is 9.55. The molecular formula is C24H20N4O2. The summed E-state index contributed by atoms with van der Waals surface area (Å²) >= 11 is 0. The number of hydrogen-bond donors (Lipinski definition) is 2. The maximum atomic E-state index is 13.0. The number of hydrogen-bond acceptors (Lipinski definition) is 4. The lowest BCUT2D eigenvalue weighted by Gasteiger charge is -2.11. The average molecular weight is 396 g/mol. The zero-order valence-corrected chi connectivity index (χ0v) is 16.4. The van der Waals surface area contributed by atoms with Crippen LogP contribution in [0.1, 0.15) is 26.3 Å². The van der Waals surface area contributed by atoms with Crippen molar-refractivity contribution in [3.05, 3.63) is 95.8 Å². The van der Waals surface area contributed by atoms with E-state index in [9.17, 15) is 9.59 Å². The molecule has 0 unspecified atom stereocenters. The Morgan fingerprint density at radius 1 is 0.933 bits per heavy atom. The molecule has 2 amide bonds. The molecule has 0 bridgehead atoms. The van der Waals surface area contributed by atoms with Gasteiger partial charge in [-0.3, -0.25) is 14.6 Å². The SMILES string of the molecule is CNC(=O)c1ccc(CNC(=O)c2cc(-c3cccnc3)nc3ccccc23)cc1. The molecule has 0 aliphatic heterocycles. The number of pyridine rings is 2. The second kappa shape index (κ2) is 8.53.